The van der Waals surface area contributed by atoms with Crippen molar-refractivity contribution in [2.45, 2.75) is 25.4 Å². The highest BCUT2D eigenvalue weighted by molar-refractivity contribution is 5.96. The summed E-state index contributed by atoms with van der Waals surface area (Å²) < 4.78 is 0. The van der Waals surface area contributed by atoms with Gasteiger partial charge in [0, 0.05) is 24.7 Å². The third-order valence-electron chi connectivity index (χ3n) is 4.80. The number of carboxylic acids is 2. The van der Waals surface area contributed by atoms with Crippen LogP contribution in [-0.2, 0) is 16.1 Å². The van der Waals surface area contributed by atoms with Crippen LogP contribution in [-0.4, -0.2) is 66.0 Å². The van der Waals surface area contributed by atoms with Crippen LogP contribution in [0.5, 0.6) is 0 Å². The molecule has 0 fully saturated rings. The van der Waals surface area contributed by atoms with E-state index in [0.717, 1.165) is 4.90 Å². The molecule has 0 bridgehead atoms. The number of carbonyl (C=O) groups is 3. The minimum atomic E-state index is -1.28. The van der Waals surface area contributed by atoms with E-state index in [9.17, 15) is 24.3 Å². The van der Waals surface area contributed by atoms with Crippen LogP contribution in [0, 0.1) is 0 Å². The van der Waals surface area contributed by atoms with Crippen molar-refractivity contribution in [2.75, 3.05) is 18.1 Å². The third kappa shape index (κ3) is 5.58. The van der Waals surface area contributed by atoms with Crippen LogP contribution in [0.15, 0.2) is 35.3 Å². The van der Waals surface area contributed by atoms with Crippen LogP contribution in [0.25, 0.3) is 11.2 Å². The highest BCUT2D eigenvalue weighted by Crippen LogP contribution is 2.15. The fourth-order valence-electron chi connectivity index (χ4n) is 3.07. The quantitative estimate of drug-likeness (QED) is 0.296. The summed E-state index contributed by atoms with van der Waals surface area (Å²) in [5, 5.41) is 21.2. The fraction of sp³-hybridized carbons (Fsp3) is 0.250. The lowest BCUT2D eigenvalue weighted by atomic mass is 10.1. The van der Waals surface area contributed by atoms with Crippen LogP contribution < -0.4 is 16.6 Å². The van der Waals surface area contributed by atoms with E-state index in [-0.39, 0.29) is 42.1 Å². The highest BCUT2D eigenvalue weighted by Gasteiger charge is 2.27. The van der Waals surface area contributed by atoms with Crippen LogP contribution in [0.4, 0.5) is 11.6 Å². The number of carboxylic acid groups (broad SMARTS) is 2. The number of likely N-dealkylation sites (N-methyl/N-ethyl adjacent to an activating group) is 1. The van der Waals surface area contributed by atoms with Gasteiger partial charge in [-0.2, -0.15) is 4.98 Å². The molecule has 2 aromatic heterocycles. The van der Waals surface area contributed by atoms with Crippen LogP contribution in [0.3, 0.4) is 0 Å². The Labute approximate surface area is 186 Å². The van der Waals surface area contributed by atoms with Gasteiger partial charge in [-0.25, -0.2) is 14.8 Å². The molecule has 13 heteroatoms. The van der Waals surface area contributed by atoms with E-state index in [2.05, 4.69) is 25.3 Å². The number of benzene rings is 1. The molecule has 0 spiro atoms. The number of H-pyrrole nitrogens is 1. The Bertz CT molecular complexity index is 1260. The van der Waals surface area contributed by atoms with Crippen LogP contribution >= 0.6 is 0 Å². The van der Waals surface area contributed by atoms with E-state index in [1.807, 2.05) is 0 Å². The van der Waals surface area contributed by atoms with Gasteiger partial charge >= 0.3 is 11.9 Å². The van der Waals surface area contributed by atoms with E-state index < -0.39 is 29.4 Å². The minimum absolute atomic E-state index is 0.0514. The number of hydrogen-bond donors (Lipinski definition) is 5. The van der Waals surface area contributed by atoms with Crippen molar-refractivity contribution in [2.24, 2.45) is 0 Å². The molecule has 1 aromatic carbocycles. The Balaban J connectivity index is 1.66. The summed E-state index contributed by atoms with van der Waals surface area (Å²) in [5.41, 5.74) is 6.53. The van der Waals surface area contributed by atoms with Gasteiger partial charge in [-0.1, -0.05) is 0 Å². The normalized spacial score (nSPS) is 11.7. The smallest absolute Gasteiger partial charge is 0.326 e. The molecule has 0 aliphatic heterocycles. The zero-order valence-electron chi connectivity index (χ0n) is 17.5. The molecule has 0 unspecified atom stereocenters. The number of nitrogen functional groups attached to an aromatic ring is 1. The molecule has 3 aromatic rings. The van der Waals surface area contributed by atoms with E-state index >= 15 is 0 Å². The van der Waals surface area contributed by atoms with Crippen molar-refractivity contribution in [3.05, 3.63) is 52.1 Å². The molecule has 0 aliphatic carbocycles. The largest absolute Gasteiger partial charge is 0.481 e. The Hall–Kier alpha value is -4.55. The molecule has 0 saturated heterocycles. The molecule has 1 amide bonds. The number of aromatic nitrogens is 4. The number of nitrogens with one attached hydrogen (secondary N) is 2. The first-order valence-corrected chi connectivity index (χ1v) is 9.73. The molecule has 33 heavy (non-hydrogen) atoms. The van der Waals surface area contributed by atoms with Gasteiger partial charge in [-0.05, 0) is 30.7 Å². The predicted octanol–water partition coefficient (Wildman–Crippen LogP) is 0.297. The summed E-state index contributed by atoms with van der Waals surface area (Å²) in [5.74, 6) is -3.02. The van der Waals surface area contributed by atoms with E-state index in [0.29, 0.717) is 11.4 Å². The molecule has 0 saturated carbocycles. The van der Waals surface area contributed by atoms with E-state index in [1.165, 1.54) is 25.4 Å². The number of rotatable bonds is 9. The van der Waals surface area contributed by atoms with E-state index in [4.69, 9.17) is 10.8 Å². The van der Waals surface area contributed by atoms with Gasteiger partial charge in [-0.3, -0.25) is 19.4 Å². The van der Waals surface area contributed by atoms with E-state index in [1.54, 1.807) is 12.1 Å². The average molecular weight is 455 g/mol. The Kier molecular flexibility index (Phi) is 6.81. The summed E-state index contributed by atoms with van der Waals surface area (Å²) in [4.78, 5) is 62.3. The molecule has 1 atom stereocenters. The Morgan fingerprint density at radius 2 is 1.88 bits per heavy atom. The van der Waals surface area contributed by atoms with Gasteiger partial charge in [-0.15, -0.1) is 0 Å². The van der Waals surface area contributed by atoms with Crippen molar-refractivity contribution < 1.29 is 24.6 Å². The second-order valence-electron chi connectivity index (χ2n) is 7.12. The topological polar surface area (TPSA) is 204 Å². The number of nitrogens with zero attached hydrogens (tertiary/aromatic N) is 4. The molecule has 13 nitrogen and oxygen atoms in total. The number of nitrogens with two attached hydrogens (primary N) is 1. The maximum Gasteiger partial charge on any atom is 0.326 e. The number of carbonyl (C=O) groups excluding carboxylic acids is 1. The van der Waals surface area contributed by atoms with Gasteiger partial charge in [0.1, 0.15) is 6.04 Å². The molecule has 0 aliphatic rings. The van der Waals surface area contributed by atoms with Crippen molar-refractivity contribution >= 4 is 40.6 Å². The first-order chi connectivity index (χ1) is 15.7. The molecule has 2 heterocycles. The Morgan fingerprint density at radius 3 is 2.52 bits per heavy atom. The number of fused-ring (bicyclic) bond motifs is 1. The summed E-state index contributed by atoms with van der Waals surface area (Å²) in [6.07, 6.45) is 0.881. The van der Waals surface area contributed by atoms with Crippen LogP contribution in [0.1, 0.15) is 28.9 Å². The molecular formula is C20H21N7O6. The van der Waals surface area contributed by atoms with Gasteiger partial charge in [0.15, 0.2) is 11.2 Å². The standard InChI is InChI=1S/C20H21N7O6/c1-27(13(19(32)33)6-7-14(28)29)18(31)10-2-4-11(5-3-10)22-8-12-9-23-16-15(24-12)17(30)26-20(21)25-16/h2-5,9,13,22H,6-8H2,1H3,(H,28,29)(H,32,33)(H3,21,23,25,26,30)/t13-/m0/s1. The first kappa shape index (κ1) is 23.1. The maximum absolute atomic E-state index is 12.6. The summed E-state index contributed by atoms with van der Waals surface area (Å²) in [7, 11) is 1.32. The summed E-state index contributed by atoms with van der Waals surface area (Å²) in [6.45, 7) is 0.232. The van der Waals surface area contributed by atoms with Gasteiger partial charge < -0.3 is 26.2 Å². The molecule has 3 rings (SSSR count). The minimum Gasteiger partial charge on any atom is -0.481 e. The lowest BCUT2D eigenvalue weighted by molar-refractivity contribution is -0.143. The monoisotopic (exact) mass is 455 g/mol. The highest BCUT2D eigenvalue weighted by atomic mass is 16.4. The third-order valence-corrected chi connectivity index (χ3v) is 4.80. The fourth-order valence-corrected chi connectivity index (χ4v) is 3.07. The lowest BCUT2D eigenvalue weighted by Gasteiger charge is -2.24. The molecule has 6 N–H and O–H groups in total. The zero-order chi connectivity index (χ0) is 24.1. The lowest BCUT2D eigenvalue weighted by Crippen LogP contribution is -2.42. The maximum atomic E-state index is 12.6. The van der Waals surface area contributed by atoms with Crippen molar-refractivity contribution in [1.29, 1.82) is 0 Å². The SMILES string of the molecule is CN(C(=O)c1ccc(NCc2cnc3nc(N)[nH]c(=O)c3n2)cc1)[C@@H](CCC(=O)O)C(=O)O. The van der Waals surface area contributed by atoms with Crippen molar-refractivity contribution in [3.63, 3.8) is 0 Å². The molecular weight excluding hydrogens is 434 g/mol. The average Bonchev–Trinajstić information content (AvgIpc) is 2.77. The number of anilines is 2. The number of aromatic amines is 1. The van der Waals surface area contributed by atoms with Gasteiger partial charge in [0.25, 0.3) is 11.5 Å². The Morgan fingerprint density at radius 1 is 1.18 bits per heavy atom. The van der Waals surface area contributed by atoms with Crippen molar-refractivity contribution in [1.82, 2.24) is 24.8 Å². The molecule has 0 radical (unpaired) electrons. The first-order valence-electron chi connectivity index (χ1n) is 9.73. The van der Waals surface area contributed by atoms with Gasteiger partial charge in [0.2, 0.25) is 5.95 Å². The molecule has 172 valence electrons. The number of amides is 1. The second-order valence-corrected chi connectivity index (χ2v) is 7.12. The van der Waals surface area contributed by atoms with Crippen LogP contribution in [0.2, 0.25) is 0 Å². The van der Waals surface area contributed by atoms with Gasteiger partial charge in [0.05, 0.1) is 18.4 Å². The number of aliphatic carboxylic acids is 2. The number of hydrogen-bond acceptors (Lipinski definition) is 9. The second kappa shape index (κ2) is 9.72. The predicted molar refractivity (Wildman–Crippen MR) is 117 cm³/mol. The van der Waals surface area contributed by atoms with Crippen molar-refractivity contribution in [3.8, 4) is 0 Å². The summed E-state index contributed by atoms with van der Waals surface area (Å²) in [6, 6.07) is 5.02. The summed E-state index contributed by atoms with van der Waals surface area (Å²) >= 11 is 0. The zero-order valence-corrected chi connectivity index (χ0v) is 17.5.